The fraction of sp³-hybridized carbons (Fsp3) is 0.600. The lowest BCUT2D eigenvalue weighted by atomic mass is 9.71. The highest BCUT2D eigenvalue weighted by Gasteiger charge is 2.39. The maximum atomic E-state index is 6.02. The average molecular weight is 231 g/mol. The van der Waals surface area contributed by atoms with E-state index in [0.29, 0.717) is 11.5 Å². The van der Waals surface area contributed by atoms with Crippen LogP contribution in [0.3, 0.4) is 0 Å². The van der Waals surface area contributed by atoms with Crippen molar-refractivity contribution in [3.63, 3.8) is 0 Å². The Hall–Kier alpha value is -1.02. The Morgan fingerprint density at radius 2 is 1.88 bits per heavy atom. The Kier molecular flexibility index (Phi) is 2.62. The molecule has 0 heterocycles. The van der Waals surface area contributed by atoms with Gasteiger partial charge in [0.2, 0.25) is 0 Å². The van der Waals surface area contributed by atoms with Crippen LogP contribution in [0, 0.1) is 5.41 Å². The van der Waals surface area contributed by atoms with Crippen LogP contribution in [0.15, 0.2) is 18.2 Å². The van der Waals surface area contributed by atoms with Crippen LogP contribution in [0.25, 0.3) is 0 Å². The lowest BCUT2D eigenvalue weighted by molar-refractivity contribution is 0.187. The van der Waals surface area contributed by atoms with Gasteiger partial charge in [-0.15, -0.1) is 0 Å². The minimum atomic E-state index is 0.443. The molecule has 2 aliphatic rings. The van der Waals surface area contributed by atoms with Crippen molar-refractivity contribution in [1.29, 1.82) is 0 Å². The van der Waals surface area contributed by atoms with Gasteiger partial charge in [0, 0.05) is 6.04 Å². The van der Waals surface area contributed by atoms with Gasteiger partial charge in [-0.2, -0.15) is 0 Å². The van der Waals surface area contributed by atoms with E-state index < -0.39 is 0 Å². The van der Waals surface area contributed by atoms with Gasteiger partial charge in [-0.05, 0) is 67.2 Å². The molecule has 1 fully saturated rings. The van der Waals surface area contributed by atoms with E-state index >= 15 is 0 Å². The smallest absolute Gasteiger partial charge is 0.119 e. The quantitative estimate of drug-likeness (QED) is 0.806. The third-order valence-electron chi connectivity index (χ3n) is 4.64. The molecule has 92 valence electrons. The summed E-state index contributed by atoms with van der Waals surface area (Å²) in [5.74, 6) is 0.994. The number of benzene rings is 1. The topological polar surface area (TPSA) is 35.2 Å². The average Bonchev–Trinajstić information content (AvgIpc) is 2.70. The second-order valence-corrected chi connectivity index (χ2v) is 5.83. The fourth-order valence-electron chi connectivity index (χ4n) is 3.54. The van der Waals surface area contributed by atoms with E-state index in [2.05, 4.69) is 18.2 Å². The molecule has 0 atom stereocenters. The summed E-state index contributed by atoms with van der Waals surface area (Å²) in [5, 5.41) is 0. The van der Waals surface area contributed by atoms with Crippen LogP contribution in [0.2, 0.25) is 0 Å². The van der Waals surface area contributed by atoms with Gasteiger partial charge >= 0.3 is 0 Å². The highest BCUT2D eigenvalue weighted by molar-refractivity contribution is 5.40. The number of methoxy groups -OCH3 is 1. The van der Waals surface area contributed by atoms with Gasteiger partial charge in [-0.3, -0.25) is 0 Å². The molecule has 1 aromatic carbocycles. The zero-order valence-corrected chi connectivity index (χ0v) is 10.5. The normalized spacial score (nSPS) is 31.5. The van der Waals surface area contributed by atoms with E-state index in [0.717, 1.165) is 5.75 Å². The van der Waals surface area contributed by atoms with Gasteiger partial charge in [0.25, 0.3) is 0 Å². The van der Waals surface area contributed by atoms with E-state index in [9.17, 15) is 0 Å². The lowest BCUT2D eigenvalue weighted by Gasteiger charge is -2.36. The van der Waals surface area contributed by atoms with Gasteiger partial charge in [-0.25, -0.2) is 0 Å². The van der Waals surface area contributed by atoms with E-state index in [-0.39, 0.29) is 0 Å². The molecule has 0 bridgehead atoms. The molecule has 0 amide bonds. The summed E-state index contributed by atoms with van der Waals surface area (Å²) in [4.78, 5) is 0. The van der Waals surface area contributed by atoms with Gasteiger partial charge in [0.05, 0.1) is 7.11 Å². The standard InChI is InChI=1S/C15H21NO/c1-17-14-3-2-11-9-15(10-12(11)8-14)6-4-13(16)5-7-15/h2-3,8,13H,4-7,9-10,16H2,1H3. The van der Waals surface area contributed by atoms with Crippen molar-refractivity contribution < 1.29 is 4.74 Å². The summed E-state index contributed by atoms with van der Waals surface area (Å²) in [6.45, 7) is 0. The summed E-state index contributed by atoms with van der Waals surface area (Å²) in [7, 11) is 1.74. The molecular formula is C15H21NO. The second kappa shape index (κ2) is 4.02. The molecule has 0 unspecified atom stereocenters. The molecule has 0 aliphatic heterocycles. The molecule has 1 spiro atoms. The summed E-state index contributed by atoms with van der Waals surface area (Å²) in [5.41, 5.74) is 9.56. The van der Waals surface area contributed by atoms with E-state index in [1.165, 1.54) is 49.7 Å². The van der Waals surface area contributed by atoms with Gasteiger partial charge in [0.15, 0.2) is 0 Å². The summed E-state index contributed by atoms with van der Waals surface area (Å²) in [6.07, 6.45) is 7.47. The zero-order chi connectivity index (χ0) is 11.9. The van der Waals surface area contributed by atoms with E-state index in [4.69, 9.17) is 10.5 Å². The summed E-state index contributed by atoms with van der Waals surface area (Å²) >= 11 is 0. The number of hydrogen-bond donors (Lipinski definition) is 1. The van der Waals surface area contributed by atoms with Gasteiger partial charge in [-0.1, -0.05) is 6.07 Å². The molecule has 17 heavy (non-hydrogen) atoms. The summed E-state index contributed by atoms with van der Waals surface area (Å²) in [6, 6.07) is 7.00. The highest BCUT2D eigenvalue weighted by Crippen LogP contribution is 2.47. The molecule has 2 N–H and O–H groups in total. The van der Waals surface area contributed by atoms with Crippen LogP contribution in [0.5, 0.6) is 5.75 Å². The van der Waals surface area contributed by atoms with Crippen molar-refractivity contribution in [2.45, 2.75) is 44.6 Å². The first kappa shape index (κ1) is 11.1. The van der Waals surface area contributed by atoms with Crippen LogP contribution in [-0.2, 0) is 12.8 Å². The minimum absolute atomic E-state index is 0.443. The second-order valence-electron chi connectivity index (χ2n) is 5.83. The van der Waals surface area contributed by atoms with Crippen molar-refractivity contribution in [1.82, 2.24) is 0 Å². The van der Waals surface area contributed by atoms with Crippen LogP contribution < -0.4 is 10.5 Å². The van der Waals surface area contributed by atoms with Crippen LogP contribution >= 0.6 is 0 Å². The van der Waals surface area contributed by atoms with Crippen molar-refractivity contribution in [2.75, 3.05) is 7.11 Å². The Labute approximate surface area is 103 Å². The molecular weight excluding hydrogens is 210 g/mol. The number of nitrogens with two attached hydrogens (primary N) is 1. The Morgan fingerprint density at radius 3 is 2.59 bits per heavy atom. The number of hydrogen-bond acceptors (Lipinski definition) is 2. The van der Waals surface area contributed by atoms with Crippen molar-refractivity contribution >= 4 is 0 Å². The molecule has 1 saturated carbocycles. The molecule has 2 aliphatic carbocycles. The first-order valence-electron chi connectivity index (χ1n) is 6.62. The molecule has 0 saturated heterocycles. The monoisotopic (exact) mass is 231 g/mol. The van der Waals surface area contributed by atoms with Crippen molar-refractivity contribution in [2.24, 2.45) is 11.1 Å². The number of ether oxygens (including phenoxy) is 1. The van der Waals surface area contributed by atoms with E-state index in [1.54, 1.807) is 7.11 Å². The third-order valence-corrected chi connectivity index (χ3v) is 4.64. The first-order valence-corrected chi connectivity index (χ1v) is 6.62. The molecule has 0 radical (unpaired) electrons. The third kappa shape index (κ3) is 1.95. The van der Waals surface area contributed by atoms with Crippen LogP contribution in [-0.4, -0.2) is 13.2 Å². The van der Waals surface area contributed by atoms with Crippen LogP contribution in [0.1, 0.15) is 36.8 Å². The molecule has 3 rings (SSSR count). The fourth-order valence-corrected chi connectivity index (χ4v) is 3.54. The zero-order valence-electron chi connectivity index (χ0n) is 10.5. The van der Waals surface area contributed by atoms with Crippen LogP contribution in [0.4, 0.5) is 0 Å². The predicted octanol–water partition coefficient (Wildman–Crippen LogP) is 2.68. The lowest BCUT2D eigenvalue weighted by Crippen LogP contribution is -2.34. The Morgan fingerprint density at radius 1 is 1.18 bits per heavy atom. The van der Waals surface area contributed by atoms with Gasteiger partial charge < -0.3 is 10.5 Å². The predicted molar refractivity (Wildman–Crippen MR) is 69.3 cm³/mol. The maximum Gasteiger partial charge on any atom is 0.119 e. The Bertz CT molecular complexity index is 419. The van der Waals surface area contributed by atoms with Crippen molar-refractivity contribution in [3.8, 4) is 5.75 Å². The SMILES string of the molecule is COc1ccc2c(c1)CC1(CCC(N)CC1)C2. The maximum absolute atomic E-state index is 6.02. The molecule has 2 heteroatoms. The molecule has 2 nitrogen and oxygen atoms in total. The molecule has 1 aromatic rings. The van der Waals surface area contributed by atoms with E-state index in [1.807, 2.05) is 0 Å². The van der Waals surface area contributed by atoms with Gasteiger partial charge in [0.1, 0.15) is 5.75 Å². The minimum Gasteiger partial charge on any atom is -0.497 e. The highest BCUT2D eigenvalue weighted by atomic mass is 16.5. The Balaban J connectivity index is 1.82. The largest absolute Gasteiger partial charge is 0.497 e. The van der Waals surface area contributed by atoms with Crippen molar-refractivity contribution in [3.05, 3.63) is 29.3 Å². The molecule has 0 aromatic heterocycles. The number of rotatable bonds is 1. The number of fused-ring (bicyclic) bond motifs is 1. The summed E-state index contributed by atoms with van der Waals surface area (Å²) < 4.78 is 5.31. The first-order chi connectivity index (χ1) is 8.21.